The Kier molecular flexibility index (Phi) is 4.59. The SMILES string of the molecule is CC1(C)OC(=O)C(=CNc2ccc(-c3nc(-c4ccccc4)no3)cc2)C(=O)O1. The van der Waals surface area contributed by atoms with Gasteiger partial charge in [-0.15, -0.1) is 0 Å². The Morgan fingerprint density at radius 3 is 2.21 bits per heavy atom. The minimum atomic E-state index is -1.27. The number of cyclic esters (lactones) is 2. The Hall–Kier alpha value is -3.94. The monoisotopic (exact) mass is 391 g/mol. The highest BCUT2D eigenvalue weighted by Gasteiger charge is 2.38. The number of hydrogen-bond donors (Lipinski definition) is 1. The van der Waals surface area contributed by atoms with Crippen LogP contribution in [0.5, 0.6) is 0 Å². The second-order valence-electron chi connectivity index (χ2n) is 6.75. The Morgan fingerprint density at radius 1 is 0.897 bits per heavy atom. The van der Waals surface area contributed by atoms with Gasteiger partial charge in [-0.2, -0.15) is 4.98 Å². The Balaban J connectivity index is 1.47. The Morgan fingerprint density at radius 2 is 1.55 bits per heavy atom. The van der Waals surface area contributed by atoms with Crippen molar-refractivity contribution >= 4 is 17.6 Å². The minimum absolute atomic E-state index is 0.210. The molecule has 8 nitrogen and oxygen atoms in total. The van der Waals surface area contributed by atoms with E-state index in [2.05, 4.69) is 15.5 Å². The van der Waals surface area contributed by atoms with Crippen molar-refractivity contribution in [1.29, 1.82) is 0 Å². The molecule has 0 atom stereocenters. The number of carbonyl (C=O) groups excluding carboxylic acids is 2. The van der Waals surface area contributed by atoms with E-state index >= 15 is 0 Å². The quantitative estimate of drug-likeness (QED) is 0.409. The molecule has 0 amide bonds. The minimum Gasteiger partial charge on any atom is -0.419 e. The van der Waals surface area contributed by atoms with Crippen molar-refractivity contribution in [3.05, 3.63) is 66.4 Å². The first kappa shape index (κ1) is 18.4. The summed E-state index contributed by atoms with van der Waals surface area (Å²) >= 11 is 0. The zero-order valence-corrected chi connectivity index (χ0v) is 15.7. The number of carbonyl (C=O) groups is 2. The molecule has 0 spiro atoms. The zero-order chi connectivity index (χ0) is 20.4. The lowest BCUT2D eigenvalue weighted by Crippen LogP contribution is -2.42. The van der Waals surface area contributed by atoms with E-state index in [1.54, 1.807) is 24.3 Å². The Labute approximate surface area is 166 Å². The van der Waals surface area contributed by atoms with Crippen molar-refractivity contribution in [1.82, 2.24) is 10.1 Å². The van der Waals surface area contributed by atoms with Crippen LogP contribution in [0, 0.1) is 0 Å². The number of nitrogens with zero attached hydrogens (tertiary/aromatic N) is 2. The van der Waals surface area contributed by atoms with Gasteiger partial charge in [0.25, 0.3) is 11.7 Å². The van der Waals surface area contributed by atoms with Crippen LogP contribution in [0.15, 0.2) is 70.9 Å². The molecule has 1 saturated heterocycles. The van der Waals surface area contributed by atoms with E-state index in [4.69, 9.17) is 14.0 Å². The van der Waals surface area contributed by atoms with Crippen molar-refractivity contribution in [3.8, 4) is 22.8 Å². The summed E-state index contributed by atoms with van der Waals surface area (Å²) in [6, 6.07) is 16.6. The van der Waals surface area contributed by atoms with Gasteiger partial charge < -0.3 is 19.3 Å². The second kappa shape index (κ2) is 7.23. The van der Waals surface area contributed by atoms with Crippen LogP contribution in [0.3, 0.4) is 0 Å². The topological polar surface area (TPSA) is 104 Å². The first-order chi connectivity index (χ1) is 13.9. The molecule has 1 aliphatic rings. The third kappa shape index (κ3) is 4.01. The maximum Gasteiger partial charge on any atom is 0.350 e. The van der Waals surface area contributed by atoms with Gasteiger partial charge in [-0.05, 0) is 24.3 Å². The summed E-state index contributed by atoms with van der Waals surface area (Å²) in [4.78, 5) is 28.3. The predicted octanol–water partition coefficient (Wildman–Crippen LogP) is 3.54. The fourth-order valence-electron chi connectivity index (χ4n) is 2.69. The molecule has 1 aliphatic heterocycles. The third-order valence-electron chi connectivity index (χ3n) is 4.09. The van der Waals surface area contributed by atoms with E-state index in [0.29, 0.717) is 17.4 Å². The van der Waals surface area contributed by atoms with Gasteiger partial charge in [0.05, 0.1) is 0 Å². The molecule has 8 heteroatoms. The summed E-state index contributed by atoms with van der Waals surface area (Å²) in [5.74, 6) is -1.86. The van der Waals surface area contributed by atoms with Crippen LogP contribution in [0.2, 0.25) is 0 Å². The van der Waals surface area contributed by atoms with Gasteiger partial charge in [0.15, 0.2) is 5.57 Å². The molecular weight excluding hydrogens is 374 g/mol. The summed E-state index contributed by atoms with van der Waals surface area (Å²) in [5.41, 5.74) is 2.03. The molecule has 0 saturated carbocycles. The molecule has 4 rings (SSSR count). The van der Waals surface area contributed by atoms with Gasteiger partial charge in [-0.25, -0.2) is 9.59 Å². The standard InChI is InChI=1S/C21H17N3O5/c1-21(2)27-19(25)16(20(26)28-21)12-22-15-10-8-14(9-11-15)18-23-17(24-29-18)13-6-4-3-5-7-13/h3-12,22H,1-2H3. The van der Waals surface area contributed by atoms with E-state index in [0.717, 1.165) is 11.1 Å². The van der Waals surface area contributed by atoms with E-state index in [9.17, 15) is 9.59 Å². The smallest absolute Gasteiger partial charge is 0.350 e. The van der Waals surface area contributed by atoms with Gasteiger partial charge in [0.1, 0.15) is 0 Å². The number of hydrogen-bond acceptors (Lipinski definition) is 8. The van der Waals surface area contributed by atoms with Gasteiger partial charge in [0.2, 0.25) is 5.82 Å². The second-order valence-corrected chi connectivity index (χ2v) is 6.75. The molecule has 146 valence electrons. The number of nitrogens with one attached hydrogen (secondary N) is 1. The van der Waals surface area contributed by atoms with Crippen LogP contribution >= 0.6 is 0 Å². The highest BCUT2D eigenvalue weighted by Crippen LogP contribution is 2.25. The van der Waals surface area contributed by atoms with Crippen molar-refractivity contribution in [2.75, 3.05) is 5.32 Å². The molecule has 0 aliphatic carbocycles. The third-order valence-corrected chi connectivity index (χ3v) is 4.09. The lowest BCUT2D eigenvalue weighted by atomic mass is 10.2. The Bertz CT molecular complexity index is 1060. The molecule has 0 radical (unpaired) electrons. The molecular formula is C21H17N3O5. The number of esters is 2. The molecule has 1 fully saturated rings. The summed E-state index contributed by atoms with van der Waals surface area (Å²) in [5, 5.41) is 6.88. The summed E-state index contributed by atoms with van der Waals surface area (Å²) < 4.78 is 15.4. The lowest BCUT2D eigenvalue weighted by Gasteiger charge is -2.29. The average Bonchev–Trinajstić information content (AvgIpc) is 3.18. The van der Waals surface area contributed by atoms with Crippen LogP contribution in [0.4, 0.5) is 5.69 Å². The highest BCUT2D eigenvalue weighted by molar-refractivity contribution is 6.15. The molecule has 29 heavy (non-hydrogen) atoms. The predicted molar refractivity (Wildman–Crippen MR) is 103 cm³/mol. The lowest BCUT2D eigenvalue weighted by molar-refractivity contribution is -0.222. The zero-order valence-electron chi connectivity index (χ0n) is 15.7. The van der Waals surface area contributed by atoms with Gasteiger partial charge in [0, 0.05) is 36.9 Å². The number of aromatic nitrogens is 2. The van der Waals surface area contributed by atoms with Crippen molar-refractivity contribution in [3.63, 3.8) is 0 Å². The first-order valence-corrected chi connectivity index (χ1v) is 8.84. The highest BCUT2D eigenvalue weighted by atomic mass is 16.7. The van der Waals surface area contributed by atoms with Gasteiger partial charge in [-0.1, -0.05) is 35.5 Å². The molecule has 3 aromatic rings. The van der Waals surface area contributed by atoms with Crippen LogP contribution in [0.25, 0.3) is 22.8 Å². The fourth-order valence-corrected chi connectivity index (χ4v) is 2.69. The maximum atomic E-state index is 11.9. The first-order valence-electron chi connectivity index (χ1n) is 8.84. The maximum absolute atomic E-state index is 11.9. The van der Waals surface area contributed by atoms with E-state index in [1.165, 1.54) is 20.0 Å². The number of benzene rings is 2. The van der Waals surface area contributed by atoms with E-state index in [-0.39, 0.29) is 5.57 Å². The van der Waals surface area contributed by atoms with E-state index in [1.807, 2.05) is 30.3 Å². The van der Waals surface area contributed by atoms with Crippen molar-refractivity contribution in [2.45, 2.75) is 19.6 Å². The normalized spacial score (nSPS) is 15.4. The van der Waals surface area contributed by atoms with Crippen LogP contribution in [0.1, 0.15) is 13.8 Å². The molecule has 0 unspecified atom stereocenters. The number of ether oxygens (including phenoxy) is 2. The van der Waals surface area contributed by atoms with Crippen LogP contribution in [-0.2, 0) is 19.1 Å². The van der Waals surface area contributed by atoms with Crippen LogP contribution in [-0.4, -0.2) is 27.9 Å². The van der Waals surface area contributed by atoms with Gasteiger partial charge >= 0.3 is 11.9 Å². The van der Waals surface area contributed by atoms with E-state index < -0.39 is 17.7 Å². The fraction of sp³-hybridized carbons (Fsp3) is 0.143. The molecule has 1 N–H and O–H groups in total. The molecule has 0 bridgehead atoms. The number of anilines is 1. The summed E-state index contributed by atoms with van der Waals surface area (Å²) in [6.07, 6.45) is 1.26. The summed E-state index contributed by atoms with van der Waals surface area (Å²) in [7, 11) is 0. The summed E-state index contributed by atoms with van der Waals surface area (Å²) in [6.45, 7) is 2.99. The van der Waals surface area contributed by atoms with Crippen molar-refractivity contribution in [2.24, 2.45) is 0 Å². The van der Waals surface area contributed by atoms with Crippen molar-refractivity contribution < 1.29 is 23.6 Å². The number of rotatable bonds is 4. The average molecular weight is 391 g/mol. The largest absolute Gasteiger partial charge is 0.419 e. The molecule has 1 aromatic heterocycles. The molecule has 2 aromatic carbocycles. The van der Waals surface area contributed by atoms with Gasteiger partial charge in [-0.3, -0.25) is 0 Å². The molecule has 2 heterocycles. The van der Waals surface area contributed by atoms with Crippen LogP contribution < -0.4 is 5.32 Å².